The van der Waals surface area contributed by atoms with Crippen molar-refractivity contribution in [2.75, 3.05) is 30.3 Å². The first kappa shape index (κ1) is 22.8. The number of hydrogen-bond donors (Lipinski definition) is 2. The molecule has 2 N–H and O–H groups in total. The molecule has 11 heteroatoms. The zero-order chi connectivity index (χ0) is 22.6. The first-order valence-electron chi connectivity index (χ1n) is 9.52. The minimum atomic E-state index is -4.79. The first-order valence-corrected chi connectivity index (χ1v) is 9.90. The molecule has 1 fully saturated rings. The number of rotatable bonds is 6. The van der Waals surface area contributed by atoms with Crippen LogP contribution in [0.5, 0.6) is 0 Å². The summed E-state index contributed by atoms with van der Waals surface area (Å²) in [5, 5.41) is 16.4. The fraction of sp³-hybridized carbons (Fsp3) is 0.350. The molecule has 2 aromatic rings. The zero-order valence-corrected chi connectivity index (χ0v) is 17.0. The van der Waals surface area contributed by atoms with E-state index in [1.54, 1.807) is 12.1 Å². The summed E-state index contributed by atoms with van der Waals surface area (Å²) in [6.45, 7) is 1.32. The number of halogens is 4. The third-order valence-electron chi connectivity index (χ3n) is 4.96. The number of hydrogen-bond acceptors (Lipinski definition) is 5. The number of anilines is 2. The maximum atomic E-state index is 13.0. The van der Waals surface area contributed by atoms with Crippen molar-refractivity contribution in [3.63, 3.8) is 0 Å². The number of piperidine rings is 1. The van der Waals surface area contributed by atoms with Gasteiger partial charge >= 0.3 is 6.18 Å². The molecule has 0 bridgehead atoms. The van der Waals surface area contributed by atoms with Crippen molar-refractivity contribution >= 4 is 34.6 Å². The SMILES string of the molecule is O=C(CN1CCC(Nc2cc(Cl)c(C(F)(F)F)cc2[N+](=O)[O-])CC1)Nc1ccccc1. The molecule has 0 aliphatic carbocycles. The second-order valence-electron chi connectivity index (χ2n) is 7.21. The number of nitrogens with zero attached hydrogens (tertiary/aromatic N) is 2. The molecule has 7 nitrogen and oxygen atoms in total. The second-order valence-corrected chi connectivity index (χ2v) is 7.62. The number of para-hydroxylation sites is 1. The predicted octanol–water partition coefficient (Wildman–Crippen LogP) is 4.78. The summed E-state index contributed by atoms with van der Waals surface area (Å²) in [4.78, 5) is 24.5. The Morgan fingerprint density at radius 2 is 1.84 bits per heavy atom. The maximum absolute atomic E-state index is 13.0. The van der Waals surface area contributed by atoms with Gasteiger partial charge in [-0.1, -0.05) is 29.8 Å². The van der Waals surface area contributed by atoms with Gasteiger partial charge in [0.2, 0.25) is 5.91 Å². The Balaban J connectivity index is 1.59. The lowest BCUT2D eigenvalue weighted by Crippen LogP contribution is -2.42. The fourth-order valence-corrected chi connectivity index (χ4v) is 3.70. The predicted molar refractivity (Wildman–Crippen MR) is 111 cm³/mol. The Labute approximate surface area is 181 Å². The van der Waals surface area contributed by atoms with Crippen LogP contribution in [0, 0.1) is 10.1 Å². The van der Waals surface area contributed by atoms with Crippen LogP contribution in [0.1, 0.15) is 18.4 Å². The molecule has 2 aromatic carbocycles. The van der Waals surface area contributed by atoms with E-state index in [4.69, 9.17) is 11.6 Å². The molecular weight excluding hydrogens is 437 g/mol. The van der Waals surface area contributed by atoms with Gasteiger partial charge in [-0.25, -0.2) is 0 Å². The summed E-state index contributed by atoms with van der Waals surface area (Å²) in [5.74, 6) is -0.150. The third-order valence-corrected chi connectivity index (χ3v) is 5.27. The smallest absolute Gasteiger partial charge is 0.377 e. The van der Waals surface area contributed by atoms with Crippen LogP contribution in [0.4, 0.5) is 30.2 Å². The van der Waals surface area contributed by atoms with Gasteiger partial charge in [-0.15, -0.1) is 0 Å². The maximum Gasteiger partial charge on any atom is 0.418 e. The average Bonchev–Trinajstić information content (AvgIpc) is 2.69. The quantitative estimate of drug-likeness (QED) is 0.482. The van der Waals surface area contributed by atoms with Crippen molar-refractivity contribution in [2.45, 2.75) is 25.1 Å². The van der Waals surface area contributed by atoms with Crippen LogP contribution >= 0.6 is 11.6 Å². The molecule has 1 aliphatic rings. The van der Waals surface area contributed by atoms with E-state index in [0.29, 0.717) is 37.7 Å². The van der Waals surface area contributed by atoms with Crippen molar-refractivity contribution in [3.8, 4) is 0 Å². The van der Waals surface area contributed by atoms with Crippen molar-refractivity contribution in [2.24, 2.45) is 0 Å². The normalized spacial score (nSPS) is 15.5. The lowest BCUT2D eigenvalue weighted by molar-refractivity contribution is -0.384. The van der Waals surface area contributed by atoms with E-state index < -0.39 is 27.4 Å². The van der Waals surface area contributed by atoms with Crippen LogP contribution in [0.2, 0.25) is 5.02 Å². The fourth-order valence-electron chi connectivity index (χ4n) is 3.43. The molecule has 166 valence electrons. The standard InChI is InChI=1S/C20H20ClF3N4O3/c21-16-11-17(18(28(30)31)10-15(16)20(22,23)24)25-14-6-8-27(9-7-14)12-19(29)26-13-4-2-1-3-5-13/h1-5,10-11,14,25H,6-9,12H2,(H,26,29). The van der Waals surface area contributed by atoms with Crippen molar-refractivity contribution in [1.29, 1.82) is 0 Å². The van der Waals surface area contributed by atoms with Gasteiger partial charge in [0.05, 0.1) is 22.1 Å². The molecule has 1 saturated heterocycles. The molecular formula is C20H20ClF3N4O3. The Kier molecular flexibility index (Phi) is 7.01. The molecule has 1 aliphatic heterocycles. The van der Waals surface area contributed by atoms with Gasteiger partial charge in [0.15, 0.2) is 0 Å². The largest absolute Gasteiger partial charge is 0.418 e. The van der Waals surface area contributed by atoms with Gasteiger partial charge in [0.1, 0.15) is 5.69 Å². The van der Waals surface area contributed by atoms with E-state index in [1.165, 1.54) is 0 Å². The Hall–Kier alpha value is -2.85. The summed E-state index contributed by atoms with van der Waals surface area (Å²) in [6, 6.07) is 10.3. The topological polar surface area (TPSA) is 87.5 Å². The van der Waals surface area contributed by atoms with E-state index in [2.05, 4.69) is 10.6 Å². The number of carbonyl (C=O) groups is 1. The minimum Gasteiger partial charge on any atom is -0.377 e. The number of likely N-dealkylation sites (tertiary alicyclic amines) is 1. The van der Waals surface area contributed by atoms with Gasteiger partial charge < -0.3 is 10.6 Å². The number of nitro benzene ring substituents is 1. The summed E-state index contributed by atoms with van der Waals surface area (Å²) in [5.41, 5.74) is -1.27. The van der Waals surface area contributed by atoms with E-state index in [-0.39, 0.29) is 24.2 Å². The highest BCUT2D eigenvalue weighted by Crippen LogP contribution is 2.40. The number of amides is 1. The van der Waals surface area contributed by atoms with E-state index in [9.17, 15) is 28.1 Å². The summed E-state index contributed by atoms with van der Waals surface area (Å²) < 4.78 is 39.0. The molecule has 0 radical (unpaired) electrons. The Morgan fingerprint density at radius 3 is 2.42 bits per heavy atom. The molecule has 0 spiro atoms. The van der Waals surface area contributed by atoms with E-state index in [1.807, 2.05) is 23.1 Å². The number of nitrogens with one attached hydrogen (secondary N) is 2. The molecule has 0 aromatic heterocycles. The van der Waals surface area contributed by atoms with Crippen LogP contribution in [0.25, 0.3) is 0 Å². The number of alkyl halides is 3. The van der Waals surface area contributed by atoms with Crippen LogP contribution < -0.4 is 10.6 Å². The van der Waals surface area contributed by atoms with Crippen molar-refractivity contribution in [3.05, 3.63) is 63.2 Å². The minimum absolute atomic E-state index is 0.0525. The second kappa shape index (κ2) is 9.52. The van der Waals surface area contributed by atoms with Gasteiger partial charge in [-0.2, -0.15) is 13.2 Å². The van der Waals surface area contributed by atoms with Gasteiger partial charge in [0, 0.05) is 30.9 Å². The lowest BCUT2D eigenvalue weighted by Gasteiger charge is -2.32. The highest BCUT2D eigenvalue weighted by atomic mass is 35.5. The lowest BCUT2D eigenvalue weighted by atomic mass is 10.0. The van der Waals surface area contributed by atoms with Crippen LogP contribution in [0.15, 0.2) is 42.5 Å². The van der Waals surface area contributed by atoms with Crippen molar-refractivity contribution in [1.82, 2.24) is 4.90 Å². The Morgan fingerprint density at radius 1 is 1.19 bits per heavy atom. The molecule has 3 rings (SSSR count). The summed E-state index contributed by atoms with van der Waals surface area (Å²) in [6.07, 6.45) is -3.66. The molecule has 1 heterocycles. The number of benzene rings is 2. The van der Waals surface area contributed by atoms with Gasteiger partial charge in [0.25, 0.3) is 5.69 Å². The first-order chi connectivity index (χ1) is 14.6. The highest BCUT2D eigenvalue weighted by Gasteiger charge is 2.36. The molecule has 0 unspecified atom stereocenters. The van der Waals surface area contributed by atoms with Gasteiger partial charge in [-0.3, -0.25) is 19.8 Å². The van der Waals surface area contributed by atoms with Crippen LogP contribution in [0.3, 0.4) is 0 Å². The average molecular weight is 457 g/mol. The summed E-state index contributed by atoms with van der Waals surface area (Å²) >= 11 is 5.72. The molecule has 31 heavy (non-hydrogen) atoms. The molecule has 0 saturated carbocycles. The monoisotopic (exact) mass is 456 g/mol. The van der Waals surface area contributed by atoms with Crippen molar-refractivity contribution < 1.29 is 22.9 Å². The van der Waals surface area contributed by atoms with E-state index >= 15 is 0 Å². The summed E-state index contributed by atoms with van der Waals surface area (Å²) in [7, 11) is 0. The van der Waals surface area contributed by atoms with Gasteiger partial charge in [-0.05, 0) is 31.0 Å². The molecule has 0 atom stereocenters. The zero-order valence-electron chi connectivity index (χ0n) is 16.3. The number of nitro groups is 1. The highest BCUT2D eigenvalue weighted by molar-refractivity contribution is 6.31. The van der Waals surface area contributed by atoms with E-state index in [0.717, 1.165) is 6.07 Å². The third kappa shape index (κ3) is 6.08. The van der Waals surface area contributed by atoms with Crippen LogP contribution in [-0.2, 0) is 11.0 Å². The Bertz CT molecular complexity index is 949. The molecule has 1 amide bonds. The number of carbonyl (C=O) groups excluding carboxylic acids is 1. The van der Waals surface area contributed by atoms with Crippen LogP contribution in [-0.4, -0.2) is 41.4 Å².